The van der Waals surface area contributed by atoms with E-state index in [-0.39, 0.29) is 18.4 Å². The number of nitrogens with zero attached hydrogens (tertiary/aromatic N) is 1. The van der Waals surface area contributed by atoms with E-state index in [1.807, 2.05) is 18.2 Å². The van der Waals surface area contributed by atoms with Crippen LogP contribution in [0.5, 0.6) is 0 Å². The van der Waals surface area contributed by atoms with Crippen molar-refractivity contribution < 1.29 is 8.42 Å². The first-order valence-corrected chi connectivity index (χ1v) is 7.19. The molecule has 7 heteroatoms. The van der Waals surface area contributed by atoms with Gasteiger partial charge in [0, 0.05) is 19.1 Å². The maximum Gasteiger partial charge on any atom is 0.302 e. The van der Waals surface area contributed by atoms with Gasteiger partial charge in [0.1, 0.15) is 0 Å². The molecule has 18 heavy (non-hydrogen) atoms. The van der Waals surface area contributed by atoms with Crippen molar-refractivity contribution in [2.45, 2.75) is 19.0 Å². The summed E-state index contributed by atoms with van der Waals surface area (Å²) in [6.07, 6.45) is 0.878. The van der Waals surface area contributed by atoms with Gasteiger partial charge < -0.3 is 5.32 Å². The summed E-state index contributed by atoms with van der Waals surface area (Å²) in [5, 5.41) is 3.20. The third kappa shape index (κ3) is 2.33. The molecular weight excluding hydrogens is 274 g/mol. The normalized spacial score (nSPS) is 25.9. The van der Waals surface area contributed by atoms with Crippen LogP contribution in [0.1, 0.15) is 12.0 Å². The minimum Gasteiger partial charge on any atom is -0.315 e. The van der Waals surface area contributed by atoms with Crippen molar-refractivity contribution in [1.82, 2.24) is 9.62 Å². The van der Waals surface area contributed by atoms with Crippen LogP contribution in [0, 0.1) is 0 Å². The lowest BCUT2D eigenvalue weighted by molar-refractivity contribution is 0.328. The Morgan fingerprint density at radius 3 is 2.78 bits per heavy atom. The fraction of sp³-hybridized carbons (Fsp3) is 0.455. The molecule has 0 aromatic heterocycles. The number of para-hydroxylation sites is 1. The summed E-state index contributed by atoms with van der Waals surface area (Å²) in [7, 11) is -3.38. The van der Waals surface area contributed by atoms with E-state index in [1.54, 1.807) is 10.4 Å². The second-order valence-electron chi connectivity index (χ2n) is 4.46. The molecule has 1 aromatic rings. The monoisotopic (exact) mass is 289 g/mol. The first-order valence-electron chi connectivity index (χ1n) is 5.75. The van der Waals surface area contributed by atoms with E-state index < -0.39 is 10.2 Å². The number of halogens is 1. The SMILES string of the molecule is Cl.O=S1(=O)Nc2ccccc2CN1[C@H]1CCNC1. The van der Waals surface area contributed by atoms with Crippen molar-refractivity contribution in [1.29, 1.82) is 0 Å². The molecule has 1 aromatic carbocycles. The second-order valence-corrected chi connectivity index (χ2v) is 6.08. The van der Waals surface area contributed by atoms with Crippen molar-refractivity contribution in [3.63, 3.8) is 0 Å². The van der Waals surface area contributed by atoms with Crippen LogP contribution >= 0.6 is 12.4 Å². The molecule has 100 valence electrons. The molecule has 5 nitrogen and oxygen atoms in total. The summed E-state index contributed by atoms with van der Waals surface area (Å²) in [5.74, 6) is 0. The summed E-state index contributed by atoms with van der Waals surface area (Å²) in [5.41, 5.74) is 1.74. The van der Waals surface area contributed by atoms with Gasteiger partial charge in [-0.1, -0.05) is 18.2 Å². The smallest absolute Gasteiger partial charge is 0.302 e. The van der Waals surface area contributed by atoms with Crippen molar-refractivity contribution >= 4 is 28.3 Å². The second kappa shape index (κ2) is 5.05. The topological polar surface area (TPSA) is 61.4 Å². The van der Waals surface area contributed by atoms with Crippen LogP contribution in [0.15, 0.2) is 24.3 Å². The van der Waals surface area contributed by atoms with Gasteiger partial charge in [0.05, 0.1) is 5.69 Å². The van der Waals surface area contributed by atoms with E-state index in [0.717, 1.165) is 25.1 Å². The molecular formula is C11H16ClN3O2S. The highest BCUT2D eigenvalue weighted by atomic mass is 35.5. The van der Waals surface area contributed by atoms with Gasteiger partial charge in [0.15, 0.2) is 0 Å². The Balaban J connectivity index is 0.00000120. The minimum absolute atomic E-state index is 0. The van der Waals surface area contributed by atoms with Gasteiger partial charge in [-0.3, -0.25) is 4.72 Å². The van der Waals surface area contributed by atoms with Gasteiger partial charge in [0.2, 0.25) is 0 Å². The van der Waals surface area contributed by atoms with Crippen LogP contribution in [0.4, 0.5) is 5.69 Å². The number of anilines is 1. The van der Waals surface area contributed by atoms with E-state index in [1.165, 1.54) is 0 Å². The molecule has 2 aliphatic rings. The summed E-state index contributed by atoms with van der Waals surface area (Å²) < 4.78 is 28.4. The van der Waals surface area contributed by atoms with E-state index in [2.05, 4.69) is 10.0 Å². The quantitative estimate of drug-likeness (QED) is 0.809. The lowest BCUT2D eigenvalue weighted by Crippen LogP contribution is -2.46. The molecule has 0 bridgehead atoms. The van der Waals surface area contributed by atoms with Gasteiger partial charge in [-0.05, 0) is 24.6 Å². The van der Waals surface area contributed by atoms with Gasteiger partial charge in [-0.25, -0.2) is 0 Å². The van der Waals surface area contributed by atoms with Crippen molar-refractivity contribution in [3.05, 3.63) is 29.8 Å². The third-order valence-electron chi connectivity index (χ3n) is 3.33. The van der Waals surface area contributed by atoms with E-state index in [0.29, 0.717) is 12.2 Å². The molecule has 0 aliphatic carbocycles. The van der Waals surface area contributed by atoms with Crippen LogP contribution < -0.4 is 10.0 Å². The first kappa shape index (κ1) is 13.6. The molecule has 1 fully saturated rings. The van der Waals surface area contributed by atoms with Crippen LogP contribution in [0.2, 0.25) is 0 Å². The zero-order chi connectivity index (χ0) is 11.9. The van der Waals surface area contributed by atoms with Crippen LogP contribution in [-0.2, 0) is 16.8 Å². The number of hydrogen-bond acceptors (Lipinski definition) is 3. The Morgan fingerprint density at radius 1 is 1.28 bits per heavy atom. The molecule has 2 aliphatic heterocycles. The molecule has 0 amide bonds. The molecule has 0 saturated carbocycles. The lowest BCUT2D eigenvalue weighted by Gasteiger charge is -2.32. The van der Waals surface area contributed by atoms with Crippen molar-refractivity contribution in [2.24, 2.45) is 0 Å². The zero-order valence-electron chi connectivity index (χ0n) is 9.80. The molecule has 2 heterocycles. The van der Waals surface area contributed by atoms with Gasteiger partial charge in [0.25, 0.3) is 0 Å². The number of nitrogens with one attached hydrogen (secondary N) is 2. The largest absolute Gasteiger partial charge is 0.315 e. The highest BCUT2D eigenvalue weighted by molar-refractivity contribution is 7.90. The average molecular weight is 290 g/mol. The Hall–Kier alpha value is -0.820. The van der Waals surface area contributed by atoms with E-state index in [4.69, 9.17) is 0 Å². The Labute approximate surface area is 113 Å². The highest BCUT2D eigenvalue weighted by Gasteiger charge is 2.35. The molecule has 2 N–H and O–H groups in total. The predicted octanol–water partition coefficient (Wildman–Crippen LogP) is 0.943. The van der Waals surface area contributed by atoms with E-state index >= 15 is 0 Å². The number of benzene rings is 1. The van der Waals surface area contributed by atoms with Gasteiger partial charge in [-0.15, -0.1) is 12.4 Å². The summed E-state index contributed by atoms with van der Waals surface area (Å²) in [6, 6.07) is 7.61. The Bertz CT molecular complexity index is 529. The summed E-state index contributed by atoms with van der Waals surface area (Å²) in [4.78, 5) is 0. The summed E-state index contributed by atoms with van der Waals surface area (Å²) in [6.45, 7) is 2.10. The van der Waals surface area contributed by atoms with E-state index in [9.17, 15) is 8.42 Å². The zero-order valence-corrected chi connectivity index (χ0v) is 11.4. The van der Waals surface area contributed by atoms with Gasteiger partial charge >= 0.3 is 10.2 Å². The maximum atomic E-state index is 12.1. The standard InChI is InChI=1S/C11H15N3O2S.ClH/c15-17(16)13-11-4-2-1-3-9(11)8-14(17)10-5-6-12-7-10;/h1-4,10,12-13H,5-8H2;1H/t10-;/m0./s1. The predicted molar refractivity (Wildman–Crippen MR) is 73.1 cm³/mol. The molecule has 1 saturated heterocycles. The molecule has 1 atom stereocenters. The molecule has 0 unspecified atom stereocenters. The molecule has 3 rings (SSSR count). The van der Waals surface area contributed by atoms with Crippen LogP contribution in [-0.4, -0.2) is 31.9 Å². The number of hydrogen-bond donors (Lipinski definition) is 2. The van der Waals surface area contributed by atoms with Crippen molar-refractivity contribution in [3.8, 4) is 0 Å². The third-order valence-corrected chi connectivity index (χ3v) is 4.86. The number of rotatable bonds is 1. The van der Waals surface area contributed by atoms with Crippen molar-refractivity contribution in [2.75, 3.05) is 17.8 Å². The Kier molecular flexibility index (Phi) is 3.82. The molecule has 0 spiro atoms. The highest BCUT2D eigenvalue weighted by Crippen LogP contribution is 2.28. The summed E-state index contributed by atoms with van der Waals surface area (Å²) >= 11 is 0. The molecule has 0 radical (unpaired) electrons. The van der Waals surface area contributed by atoms with Crippen LogP contribution in [0.3, 0.4) is 0 Å². The minimum atomic E-state index is -3.38. The number of fused-ring (bicyclic) bond motifs is 1. The fourth-order valence-corrected chi connectivity index (χ4v) is 3.89. The lowest BCUT2D eigenvalue weighted by atomic mass is 10.1. The fourth-order valence-electron chi connectivity index (χ4n) is 2.42. The van der Waals surface area contributed by atoms with Gasteiger partial charge in [-0.2, -0.15) is 12.7 Å². The average Bonchev–Trinajstić information content (AvgIpc) is 2.80. The Morgan fingerprint density at radius 2 is 2.06 bits per heavy atom. The maximum absolute atomic E-state index is 12.1. The van der Waals surface area contributed by atoms with Crippen LogP contribution in [0.25, 0.3) is 0 Å². The first-order chi connectivity index (χ1) is 8.17.